The molecular weight excluding hydrogens is 154 g/mol. The number of nitrogen functional groups attached to an aromatic ring is 1. The summed E-state index contributed by atoms with van der Waals surface area (Å²) in [6.45, 7) is 0. The highest BCUT2D eigenvalue weighted by atomic mass is 15.1. The number of imidazole rings is 1. The molecule has 0 aliphatic heterocycles. The molecule has 2 heterocycles. The van der Waals surface area contributed by atoms with E-state index < -0.39 is 0 Å². The van der Waals surface area contributed by atoms with Gasteiger partial charge in [-0.2, -0.15) is 10.2 Å². The van der Waals surface area contributed by atoms with E-state index in [2.05, 4.69) is 20.2 Å². The normalized spacial score (nSPS) is 10.0. The van der Waals surface area contributed by atoms with E-state index in [1.807, 2.05) is 0 Å². The number of anilines is 1. The maximum Gasteiger partial charge on any atom is 0.141 e. The number of hydrogen-bond acceptors (Lipinski definition) is 4. The first-order chi connectivity index (χ1) is 5.88. The predicted molar refractivity (Wildman–Crippen MR) is 44.0 cm³/mol. The molecule has 0 saturated heterocycles. The Kier molecular flexibility index (Phi) is 1.48. The largest absolute Gasteiger partial charge is 0.397 e. The van der Waals surface area contributed by atoms with Crippen LogP contribution < -0.4 is 5.73 Å². The number of nitrogens with zero attached hydrogens (tertiary/aromatic N) is 3. The van der Waals surface area contributed by atoms with Crippen LogP contribution in [0, 0.1) is 0 Å². The SMILES string of the molecule is Nc1cnncc1-c1ncc[nH]1. The molecular formula is C7H7N5. The topological polar surface area (TPSA) is 80.5 Å². The minimum Gasteiger partial charge on any atom is -0.397 e. The molecule has 0 aliphatic carbocycles. The molecule has 0 fully saturated rings. The van der Waals surface area contributed by atoms with Crippen molar-refractivity contribution < 1.29 is 0 Å². The van der Waals surface area contributed by atoms with Gasteiger partial charge < -0.3 is 10.7 Å². The summed E-state index contributed by atoms with van der Waals surface area (Å²) < 4.78 is 0. The van der Waals surface area contributed by atoms with Crippen molar-refractivity contribution in [3.05, 3.63) is 24.8 Å². The van der Waals surface area contributed by atoms with Crippen molar-refractivity contribution >= 4 is 5.69 Å². The fourth-order valence-corrected chi connectivity index (χ4v) is 0.941. The molecule has 5 nitrogen and oxygen atoms in total. The van der Waals surface area contributed by atoms with Crippen molar-refractivity contribution in [2.45, 2.75) is 0 Å². The summed E-state index contributed by atoms with van der Waals surface area (Å²) in [4.78, 5) is 6.98. The summed E-state index contributed by atoms with van der Waals surface area (Å²) in [6, 6.07) is 0. The monoisotopic (exact) mass is 161 g/mol. The summed E-state index contributed by atoms with van der Waals surface area (Å²) in [6.07, 6.45) is 6.47. The third kappa shape index (κ3) is 1.01. The van der Waals surface area contributed by atoms with Gasteiger partial charge in [0, 0.05) is 12.4 Å². The van der Waals surface area contributed by atoms with Crippen molar-refractivity contribution in [2.24, 2.45) is 0 Å². The second-order valence-corrected chi connectivity index (χ2v) is 2.30. The second-order valence-electron chi connectivity index (χ2n) is 2.30. The van der Waals surface area contributed by atoms with Gasteiger partial charge in [-0.15, -0.1) is 0 Å². The van der Waals surface area contributed by atoms with Crippen LogP contribution in [0.4, 0.5) is 5.69 Å². The lowest BCUT2D eigenvalue weighted by Gasteiger charge is -1.98. The minimum absolute atomic E-state index is 0.569. The van der Waals surface area contributed by atoms with Crippen LogP contribution in [0.5, 0.6) is 0 Å². The van der Waals surface area contributed by atoms with Crippen LogP contribution in [-0.2, 0) is 0 Å². The molecule has 12 heavy (non-hydrogen) atoms. The van der Waals surface area contributed by atoms with Crippen molar-refractivity contribution in [2.75, 3.05) is 5.73 Å². The van der Waals surface area contributed by atoms with Crippen LogP contribution in [0.2, 0.25) is 0 Å². The van der Waals surface area contributed by atoms with Crippen LogP contribution in [0.25, 0.3) is 11.4 Å². The van der Waals surface area contributed by atoms with Gasteiger partial charge in [0.15, 0.2) is 0 Å². The molecule has 0 amide bonds. The fourth-order valence-electron chi connectivity index (χ4n) is 0.941. The zero-order chi connectivity index (χ0) is 8.39. The Morgan fingerprint density at radius 2 is 2.08 bits per heavy atom. The van der Waals surface area contributed by atoms with Crippen LogP contribution in [0.1, 0.15) is 0 Å². The van der Waals surface area contributed by atoms with Gasteiger partial charge in [-0.1, -0.05) is 0 Å². The Labute approximate surface area is 68.7 Å². The van der Waals surface area contributed by atoms with Crippen molar-refractivity contribution in [3.63, 3.8) is 0 Å². The lowest BCUT2D eigenvalue weighted by molar-refractivity contribution is 1.03. The minimum atomic E-state index is 0.569. The number of aromatic nitrogens is 4. The third-order valence-electron chi connectivity index (χ3n) is 1.51. The molecule has 3 N–H and O–H groups in total. The highest BCUT2D eigenvalue weighted by molar-refractivity contribution is 5.68. The molecule has 0 spiro atoms. The van der Waals surface area contributed by atoms with E-state index in [0.717, 1.165) is 5.56 Å². The van der Waals surface area contributed by atoms with E-state index in [1.54, 1.807) is 18.6 Å². The zero-order valence-corrected chi connectivity index (χ0v) is 6.23. The Hall–Kier alpha value is -1.91. The lowest BCUT2D eigenvalue weighted by Crippen LogP contribution is -1.93. The van der Waals surface area contributed by atoms with Crippen molar-refractivity contribution in [1.82, 2.24) is 20.2 Å². The molecule has 0 saturated carbocycles. The number of rotatable bonds is 1. The Morgan fingerprint density at radius 1 is 1.25 bits per heavy atom. The van der Waals surface area contributed by atoms with Gasteiger partial charge in [0.25, 0.3) is 0 Å². The summed E-state index contributed by atoms with van der Waals surface area (Å²) in [5.74, 6) is 0.711. The van der Waals surface area contributed by atoms with E-state index in [4.69, 9.17) is 5.73 Å². The number of nitrogens with one attached hydrogen (secondary N) is 1. The van der Waals surface area contributed by atoms with E-state index in [-0.39, 0.29) is 0 Å². The highest BCUT2D eigenvalue weighted by Gasteiger charge is 2.03. The first-order valence-electron chi connectivity index (χ1n) is 3.44. The average molecular weight is 161 g/mol. The van der Waals surface area contributed by atoms with Gasteiger partial charge in [-0.25, -0.2) is 4.98 Å². The van der Waals surface area contributed by atoms with Gasteiger partial charge >= 0.3 is 0 Å². The smallest absolute Gasteiger partial charge is 0.141 e. The summed E-state index contributed by atoms with van der Waals surface area (Å²) >= 11 is 0. The average Bonchev–Trinajstić information content (AvgIpc) is 2.57. The molecule has 0 atom stereocenters. The molecule has 0 aromatic carbocycles. The van der Waals surface area contributed by atoms with E-state index in [1.165, 1.54) is 6.20 Å². The maximum atomic E-state index is 5.65. The van der Waals surface area contributed by atoms with Gasteiger partial charge in [-0.05, 0) is 0 Å². The zero-order valence-electron chi connectivity index (χ0n) is 6.23. The Balaban J connectivity index is 2.55. The molecule has 5 heteroatoms. The van der Waals surface area contributed by atoms with Gasteiger partial charge in [0.2, 0.25) is 0 Å². The van der Waals surface area contributed by atoms with Gasteiger partial charge in [-0.3, -0.25) is 0 Å². The van der Waals surface area contributed by atoms with Crippen LogP contribution in [-0.4, -0.2) is 20.2 Å². The first-order valence-corrected chi connectivity index (χ1v) is 3.44. The molecule has 2 aromatic heterocycles. The first kappa shape index (κ1) is 6.78. The lowest BCUT2D eigenvalue weighted by atomic mass is 10.2. The number of hydrogen-bond donors (Lipinski definition) is 2. The van der Waals surface area contributed by atoms with Crippen molar-refractivity contribution in [1.29, 1.82) is 0 Å². The second kappa shape index (κ2) is 2.61. The maximum absolute atomic E-state index is 5.65. The molecule has 2 aromatic rings. The molecule has 0 aliphatic rings. The standard InChI is InChI=1S/C7H7N5/c8-6-4-12-11-3-5(6)7-9-1-2-10-7/h1-4H,(H2,8,11)(H,9,10). The molecule has 0 radical (unpaired) electrons. The van der Waals surface area contributed by atoms with E-state index >= 15 is 0 Å². The van der Waals surface area contributed by atoms with E-state index in [9.17, 15) is 0 Å². The molecule has 2 rings (SSSR count). The fraction of sp³-hybridized carbons (Fsp3) is 0. The van der Waals surface area contributed by atoms with Crippen molar-refractivity contribution in [3.8, 4) is 11.4 Å². The molecule has 0 unspecified atom stereocenters. The summed E-state index contributed by atoms with van der Waals surface area (Å²) in [7, 11) is 0. The van der Waals surface area contributed by atoms with Crippen LogP contribution in [0.3, 0.4) is 0 Å². The summed E-state index contributed by atoms with van der Waals surface area (Å²) in [5, 5.41) is 7.35. The Bertz CT molecular complexity index is 367. The number of nitrogens with two attached hydrogens (primary N) is 1. The number of H-pyrrole nitrogens is 1. The summed E-state index contributed by atoms with van der Waals surface area (Å²) in [5.41, 5.74) is 6.99. The van der Waals surface area contributed by atoms with Crippen LogP contribution in [0.15, 0.2) is 24.8 Å². The third-order valence-corrected chi connectivity index (χ3v) is 1.51. The van der Waals surface area contributed by atoms with Gasteiger partial charge in [0.1, 0.15) is 5.82 Å². The number of aromatic amines is 1. The van der Waals surface area contributed by atoms with E-state index in [0.29, 0.717) is 11.5 Å². The highest BCUT2D eigenvalue weighted by Crippen LogP contribution is 2.18. The quantitative estimate of drug-likeness (QED) is 0.636. The Morgan fingerprint density at radius 3 is 2.75 bits per heavy atom. The molecule has 60 valence electrons. The van der Waals surface area contributed by atoms with Gasteiger partial charge in [0.05, 0.1) is 23.6 Å². The van der Waals surface area contributed by atoms with Crippen LogP contribution >= 0.6 is 0 Å². The molecule has 0 bridgehead atoms. The predicted octanol–water partition coefficient (Wildman–Crippen LogP) is 0.449.